The van der Waals surface area contributed by atoms with Crippen molar-refractivity contribution in [3.05, 3.63) is 77.7 Å². The lowest BCUT2D eigenvalue weighted by Crippen LogP contribution is -2.11. The topological polar surface area (TPSA) is 63.6 Å². The van der Waals surface area contributed by atoms with Gasteiger partial charge < -0.3 is 9.55 Å². The van der Waals surface area contributed by atoms with Crippen LogP contribution in [0.3, 0.4) is 0 Å². The first kappa shape index (κ1) is 18.2. The molecule has 2 aromatic heterocycles. The van der Waals surface area contributed by atoms with Crippen LogP contribution < -0.4 is 0 Å². The van der Waals surface area contributed by atoms with E-state index in [1.807, 2.05) is 60.8 Å². The van der Waals surface area contributed by atoms with E-state index in [1.165, 1.54) is 24.6 Å². The van der Waals surface area contributed by atoms with Gasteiger partial charge in [0, 0.05) is 35.1 Å². The molecule has 5 nitrogen and oxygen atoms in total. The Labute approximate surface area is 173 Å². The Bertz CT molecular complexity index is 1160. The van der Waals surface area contributed by atoms with Crippen LogP contribution in [-0.4, -0.2) is 25.5 Å². The van der Waals surface area contributed by atoms with Gasteiger partial charge in [-0.1, -0.05) is 60.3 Å². The summed E-state index contributed by atoms with van der Waals surface area (Å²) in [4.78, 5) is 16.9. The van der Waals surface area contributed by atoms with Crippen LogP contribution in [0.1, 0.15) is 52.7 Å². The van der Waals surface area contributed by atoms with Gasteiger partial charge in [0.2, 0.25) is 0 Å². The molecule has 1 atom stereocenters. The van der Waals surface area contributed by atoms with Gasteiger partial charge in [0.15, 0.2) is 10.9 Å². The van der Waals surface area contributed by atoms with Crippen LogP contribution in [0.15, 0.2) is 66.0 Å². The van der Waals surface area contributed by atoms with Gasteiger partial charge >= 0.3 is 0 Å². The molecule has 4 aromatic rings. The molecule has 1 saturated carbocycles. The number of carbonyl (C=O) groups is 1. The molecule has 0 amide bonds. The second-order valence-corrected chi connectivity index (χ2v) is 8.45. The van der Waals surface area contributed by atoms with Crippen molar-refractivity contribution in [3.63, 3.8) is 0 Å². The molecular formula is C23H22N4OS. The molecule has 6 heteroatoms. The van der Waals surface area contributed by atoms with Gasteiger partial charge in [-0.05, 0) is 31.4 Å². The van der Waals surface area contributed by atoms with Crippen molar-refractivity contribution in [1.82, 2.24) is 19.7 Å². The Balaban J connectivity index is 1.55. The molecule has 0 saturated heterocycles. The summed E-state index contributed by atoms with van der Waals surface area (Å²) < 4.78 is 2.17. The number of Topliss-reactive ketones (excluding diaryl/α,β-unsaturated/α-hetero) is 1. The van der Waals surface area contributed by atoms with Crippen LogP contribution in [0.5, 0.6) is 0 Å². The Morgan fingerprint density at radius 3 is 2.66 bits per heavy atom. The molecule has 1 aliphatic carbocycles. The number of nitrogens with zero attached hydrogens (tertiary/aromatic N) is 3. The van der Waals surface area contributed by atoms with Crippen LogP contribution in [-0.2, 0) is 6.54 Å². The number of aromatic nitrogens is 4. The lowest BCUT2D eigenvalue weighted by atomic mass is 10.0. The summed E-state index contributed by atoms with van der Waals surface area (Å²) in [6.07, 6.45) is 4.18. The number of fused-ring (bicyclic) bond motifs is 1. The number of nitrogens with one attached hydrogen (secondary N) is 1. The molecule has 1 aliphatic rings. The largest absolute Gasteiger partial charge is 0.360 e. The molecule has 0 radical (unpaired) electrons. The number of benzene rings is 2. The maximum Gasteiger partial charge on any atom is 0.192 e. The number of hydrogen-bond acceptors (Lipinski definition) is 4. The monoisotopic (exact) mass is 402 g/mol. The summed E-state index contributed by atoms with van der Waals surface area (Å²) in [6.45, 7) is 2.92. The van der Waals surface area contributed by atoms with Crippen molar-refractivity contribution in [2.45, 2.75) is 42.6 Å². The van der Waals surface area contributed by atoms with Crippen LogP contribution in [0.2, 0.25) is 0 Å². The zero-order valence-electron chi connectivity index (χ0n) is 16.2. The van der Waals surface area contributed by atoms with Crippen LogP contribution in [0.25, 0.3) is 10.9 Å². The fourth-order valence-corrected chi connectivity index (χ4v) is 4.93. The van der Waals surface area contributed by atoms with E-state index in [0.717, 1.165) is 34.0 Å². The van der Waals surface area contributed by atoms with E-state index in [9.17, 15) is 4.79 Å². The first-order valence-corrected chi connectivity index (χ1v) is 10.9. The predicted molar refractivity (Wildman–Crippen MR) is 115 cm³/mol. The zero-order valence-corrected chi connectivity index (χ0v) is 17.0. The van der Waals surface area contributed by atoms with E-state index >= 15 is 0 Å². The summed E-state index contributed by atoms with van der Waals surface area (Å²) in [6, 6.07) is 17.9. The number of rotatable bonds is 7. The van der Waals surface area contributed by atoms with Gasteiger partial charge in [0.1, 0.15) is 11.1 Å². The molecule has 2 aromatic carbocycles. The second kappa shape index (κ2) is 7.52. The number of para-hydroxylation sites is 1. The summed E-state index contributed by atoms with van der Waals surface area (Å²) in [5.41, 5.74) is 2.67. The van der Waals surface area contributed by atoms with Crippen LogP contribution in [0.4, 0.5) is 0 Å². The average molecular weight is 403 g/mol. The number of carbonyl (C=O) groups excluding carboxylic acids is 1. The highest BCUT2D eigenvalue weighted by Gasteiger charge is 2.32. The third-order valence-corrected chi connectivity index (χ3v) is 6.66. The molecule has 0 spiro atoms. The molecular weight excluding hydrogens is 380 g/mol. The maximum atomic E-state index is 13.7. The minimum Gasteiger partial charge on any atom is -0.360 e. The highest BCUT2D eigenvalue weighted by Crippen LogP contribution is 2.43. The quantitative estimate of drug-likeness (QED) is 0.333. The van der Waals surface area contributed by atoms with E-state index in [1.54, 1.807) is 0 Å². The summed E-state index contributed by atoms with van der Waals surface area (Å²) in [7, 11) is 0. The van der Waals surface area contributed by atoms with Crippen molar-refractivity contribution in [2.75, 3.05) is 0 Å². The van der Waals surface area contributed by atoms with Gasteiger partial charge in [-0.2, -0.15) is 0 Å². The highest BCUT2D eigenvalue weighted by molar-refractivity contribution is 8.00. The van der Waals surface area contributed by atoms with E-state index in [4.69, 9.17) is 0 Å². The lowest BCUT2D eigenvalue weighted by Gasteiger charge is -2.16. The molecule has 0 aliphatic heterocycles. The third-order valence-electron chi connectivity index (χ3n) is 5.42. The predicted octanol–water partition coefficient (Wildman–Crippen LogP) is 5.37. The third kappa shape index (κ3) is 3.38. The molecule has 146 valence electrons. The Kier molecular flexibility index (Phi) is 4.72. The Hall–Kier alpha value is -2.86. The Morgan fingerprint density at radius 1 is 1.14 bits per heavy atom. The van der Waals surface area contributed by atoms with Gasteiger partial charge in [0.05, 0.1) is 0 Å². The molecule has 0 unspecified atom stereocenters. The summed E-state index contributed by atoms with van der Waals surface area (Å²) >= 11 is 1.50. The molecule has 2 heterocycles. The molecule has 0 bridgehead atoms. The first-order valence-electron chi connectivity index (χ1n) is 10.0. The average Bonchev–Trinajstić information content (AvgIpc) is 3.39. The fourth-order valence-electron chi connectivity index (χ4n) is 3.75. The minimum absolute atomic E-state index is 0.0808. The number of aromatic amines is 1. The highest BCUT2D eigenvalue weighted by atomic mass is 32.2. The number of hydrogen-bond donors (Lipinski definition) is 1. The molecule has 29 heavy (non-hydrogen) atoms. The van der Waals surface area contributed by atoms with E-state index in [-0.39, 0.29) is 11.0 Å². The second-order valence-electron chi connectivity index (χ2n) is 7.38. The van der Waals surface area contributed by atoms with Crippen molar-refractivity contribution >= 4 is 28.4 Å². The Morgan fingerprint density at radius 2 is 1.90 bits per heavy atom. The van der Waals surface area contributed by atoms with Crippen molar-refractivity contribution in [2.24, 2.45) is 0 Å². The summed E-state index contributed by atoms with van der Waals surface area (Å²) in [5, 5.41) is 10.3. The van der Waals surface area contributed by atoms with E-state index in [0.29, 0.717) is 11.5 Å². The zero-order chi connectivity index (χ0) is 19.8. The fraction of sp³-hybridized carbons (Fsp3) is 0.261. The van der Waals surface area contributed by atoms with Gasteiger partial charge in [-0.25, -0.2) is 0 Å². The van der Waals surface area contributed by atoms with Crippen molar-refractivity contribution < 1.29 is 4.79 Å². The van der Waals surface area contributed by atoms with E-state index in [2.05, 4.69) is 26.7 Å². The number of thioether (sulfide) groups is 1. The smallest absolute Gasteiger partial charge is 0.192 e. The normalized spacial score (nSPS) is 14.9. The van der Waals surface area contributed by atoms with Gasteiger partial charge in [0.25, 0.3) is 0 Å². The van der Waals surface area contributed by atoms with E-state index < -0.39 is 0 Å². The van der Waals surface area contributed by atoms with Crippen LogP contribution >= 0.6 is 11.8 Å². The number of ketones is 1. The molecule has 1 N–H and O–H groups in total. The molecule has 5 rings (SSSR count). The van der Waals surface area contributed by atoms with Gasteiger partial charge in [-0.15, -0.1) is 10.2 Å². The van der Waals surface area contributed by atoms with Crippen molar-refractivity contribution in [1.29, 1.82) is 0 Å². The standard InChI is InChI=1S/C23H22N4OS/c1-2-27-22(16-12-13-16)25-26-23(27)29-21(15-8-4-3-5-9-15)20(28)18-14-24-19-11-7-6-10-17(18)19/h3-11,14,16,21,24H,2,12-13H2,1H3/t21-/m0/s1. The van der Waals surface area contributed by atoms with Crippen LogP contribution in [0, 0.1) is 0 Å². The molecule has 1 fully saturated rings. The van der Waals surface area contributed by atoms with Crippen molar-refractivity contribution in [3.8, 4) is 0 Å². The first-order chi connectivity index (χ1) is 14.3. The number of H-pyrrole nitrogens is 1. The minimum atomic E-state index is -0.378. The maximum absolute atomic E-state index is 13.7. The lowest BCUT2D eigenvalue weighted by molar-refractivity contribution is 0.0991. The van der Waals surface area contributed by atoms with Gasteiger partial charge in [-0.3, -0.25) is 4.79 Å². The summed E-state index contributed by atoms with van der Waals surface area (Å²) in [5.74, 6) is 1.66. The SMILES string of the molecule is CCn1c(S[C@H](C(=O)c2c[nH]c3ccccc23)c2ccccc2)nnc1C1CC1.